The van der Waals surface area contributed by atoms with Crippen LogP contribution in [0.4, 0.5) is 0 Å². The molecule has 0 amide bonds. The van der Waals surface area contributed by atoms with Gasteiger partial charge in [0.25, 0.3) is 0 Å². The molecule has 0 radical (unpaired) electrons. The molecule has 0 N–H and O–H groups in total. The minimum atomic E-state index is 0. The first-order valence-corrected chi connectivity index (χ1v) is 0. The molecule has 0 unspecified atom stereocenters. The van der Waals surface area contributed by atoms with Crippen LogP contribution in [0.2, 0.25) is 0 Å². The Morgan fingerprint density at radius 1 is 0.00781 bits per heavy atom. The number of hydrogen-bond acceptors (Lipinski definition) is 0. The summed E-state index contributed by atoms with van der Waals surface area (Å²) >= 11 is 0. The van der Waals surface area contributed by atoms with E-state index in [1.54, 1.807) is 0 Å². The standard InChI is InChI=1S/128U. The van der Waals surface area contributed by atoms with E-state index in [2.05, 4.69) is 0 Å². The van der Waals surface area contributed by atoms with Crippen LogP contribution in [-0.4, -0.2) is 0 Å². The Bertz CT molecular complexity index is 0. The maximum absolute atomic E-state index is 0. The predicted octanol–water partition coefficient (Wildman–Crippen LogP) is 0. The quantitative estimate of drug-likeness (QED) is 0.321. The molecule has 0 aromatic carbocycles. The molecular weight excluding hydrogens is 30500 g/mol. The molecule has 0 aromatic heterocycles. The largest absolute Gasteiger partial charge is 0 e. The Labute approximate surface area is 3830 Å². The molecule has 128 heteroatoms. The molecule has 0 aliphatic rings. The minimum absolute atomic E-state index is 0. The van der Waals surface area contributed by atoms with E-state index in [0.29, 0.717) is 0 Å². The van der Waals surface area contributed by atoms with Crippen molar-refractivity contribution in [2.24, 2.45) is 0 Å². The third kappa shape index (κ3) is 969. The Morgan fingerprint density at radius 2 is 0.00781 bits per heavy atom. The van der Waals surface area contributed by atoms with E-state index in [1.807, 2.05) is 0 Å². The van der Waals surface area contributed by atoms with Gasteiger partial charge in [0.1, 0.15) is 0 Å². The monoisotopic (exact) mass is 30500 g/mol. The summed E-state index contributed by atoms with van der Waals surface area (Å²) in [6.07, 6.45) is 0. The van der Waals surface area contributed by atoms with E-state index in [4.69, 9.17) is 0 Å². The number of rotatable bonds is 0. The van der Waals surface area contributed by atoms with Crippen LogP contribution in [0.25, 0.3) is 0 Å². The zero-order chi connectivity index (χ0) is 0. The van der Waals surface area contributed by atoms with Gasteiger partial charge in [-0.05, 0) is 0 Å². The van der Waals surface area contributed by atoms with Crippen LogP contribution in [0.15, 0.2) is 0 Å². The molecule has 0 aromatic rings. The summed E-state index contributed by atoms with van der Waals surface area (Å²) in [6, 6.07) is 0. The summed E-state index contributed by atoms with van der Waals surface area (Å²) in [4.78, 5) is 0. The van der Waals surface area contributed by atoms with Gasteiger partial charge in [0.05, 0.1) is 0 Å². The fraction of sp³-hybridized carbons (Fsp3) is 0. The summed E-state index contributed by atoms with van der Waals surface area (Å²) in [5.74, 6) is 0. The zero-order valence-electron chi connectivity index (χ0n) is 64.0. The molecule has 512 valence electrons. The van der Waals surface area contributed by atoms with Gasteiger partial charge in [0.2, 0.25) is 0 Å². The van der Waals surface area contributed by atoms with Crippen molar-refractivity contribution >= 4 is 0 Å². The van der Waals surface area contributed by atoms with E-state index < -0.39 is 0 Å². The SMILES string of the molecule is [U].[U].[U].[U].[U].[U].[U].[U].[U].[U].[U].[U].[U].[U].[U].[U].[U].[U].[U].[U].[U].[U].[U].[U].[U].[U].[U].[U].[U].[U].[U].[U].[U].[U].[U].[U].[U].[U].[U].[U].[U].[U].[U].[U].[U].[U].[U].[U].[U].[U].[U].[U].[U].[U].[U].[U].[U].[U].[U].[U].[U].[U].[U].[U].[U].[U].[U].[U].[U].[U].[U].[U].[U].[U].[U].[U].[U].[U].[U].[U].[U].[U].[U].[U].[U].[U].[U].[U].[U].[U].[U].[U].[U].[U].[U].[U].[U].[U].[U].[U].[U].[U].[U].[U].[U].[U].[U].[U].[U].[U].[U].[U].[U].[U].[U].[U].[U].[U].[U].[U].[U].[U].[U].[U].[U].[U].[U].[U]. The molecule has 0 aliphatic carbocycles. The molecule has 0 nitrogen and oxygen atoms in total. The van der Waals surface area contributed by atoms with E-state index in [1.165, 1.54) is 0 Å². The van der Waals surface area contributed by atoms with Crippen LogP contribution in [0, 0.1) is 3980 Å². The second-order valence-electron chi connectivity index (χ2n) is 0. The molecular formula is U128. The van der Waals surface area contributed by atoms with Crippen molar-refractivity contribution in [3.05, 3.63) is 0 Å². The third-order valence-electron chi connectivity index (χ3n) is 0. The van der Waals surface area contributed by atoms with E-state index in [-0.39, 0.29) is 3980 Å². The molecule has 0 bridgehead atoms. The maximum atomic E-state index is 0. The second-order valence-corrected chi connectivity index (χ2v) is 0. The first kappa shape index (κ1) is 992. The van der Waals surface area contributed by atoms with Gasteiger partial charge in [-0.25, -0.2) is 0 Å². The molecule has 0 saturated carbocycles. The first-order chi connectivity index (χ1) is 0. The first-order valence-electron chi connectivity index (χ1n) is 0. The topological polar surface area (TPSA) is 0 Å². The van der Waals surface area contributed by atoms with Gasteiger partial charge in [-0.2, -0.15) is 0 Å². The van der Waals surface area contributed by atoms with Crippen LogP contribution in [0.3, 0.4) is 0 Å². The van der Waals surface area contributed by atoms with Crippen molar-refractivity contribution in [2.45, 2.75) is 0 Å². The van der Waals surface area contributed by atoms with Gasteiger partial charge in [0, 0.05) is 3980 Å². The normalized spacial score (nSPS) is 0. The molecule has 0 heterocycles. The van der Waals surface area contributed by atoms with Gasteiger partial charge >= 0.3 is 0 Å². The minimum Gasteiger partial charge on any atom is 0 e. The second kappa shape index (κ2) is 980. The van der Waals surface area contributed by atoms with Crippen molar-refractivity contribution in [3.63, 3.8) is 0 Å². The summed E-state index contributed by atoms with van der Waals surface area (Å²) in [5.41, 5.74) is 0. The van der Waals surface area contributed by atoms with Crippen molar-refractivity contribution in [2.75, 3.05) is 0 Å². The van der Waals surface area contributed by atoms with Gasteiger partial charge in [-0.1, -0.05) is 0 Å². The Hall–Kier alpha value is 135. The Kier molecular flexibility index (Phi) is 7600. The zero-order valence-corrected chi connectivity index (χ0v) is 597. The summed E-state index contributed by atoms with van der Waals surface area (Å²) in [7, 11) is 0. The maximum Gasteiger partial charge on any atom is 0 e. The molecule has 0 aliphatic heterocycles. The van der Waals surface area contributed by atoms with Crippen molar-refractivity contribution in [1.82, 2.24) is 0 Å². The van der Waals surface area contributed by atoms with Crippen molar-refractivity contribution < 1.29 is 3980 Å². The smallest absolute Gasteiger partial charge is 0 e. The Morgan fingerprint density at radius 3 is 0.00781 bits per heavy atom. The molecule has 0 fully saturated rings. The van der Waals surface area contributed by atoms with Crippen LogP contribution in [-0.2, 0) is 0 Å². The molecule has 0 atom stereocenters. The van der Waals surface area contributed by atoms with Gasteiger partial charge in [-0.3, -0.25) is 0 Å². The third-order valence-corrected chi connectivity index (χ3v) is 0. The van der Waals surface area contributed by atoms with Gasteiger partial charge < -0.3 is 0 Å². The number of hydrogen-bond donors (Lipinski definition) is 0. The van der Waals surface area contributed by atoms with Gasteiger partial charge in [-0.15, -0.1) is 0 Å². The fourth-order valence-corrected chi connectivity index (χ4v) is 0. The van der Waals surface area contributed by atoms with E-state index in [0.717, 1.165) is 0 Å². The van der Waals surface area contributed by atoms with Crippen LogP contribution in [0.1, 0.15) is 0 Å². The summed E-state index contributed by atoms with van der Waals surface area (Å²) in [6.45, 7) is 0. The van der Waals surface area contributed by atoms with Gasteiger partial charge in [0.15, 0.2) is 0 Å². The van der Waals surface area contributed by atoms with Crippen LogP contribution in [0.5, 0.6) is 0 Å². The predicted molar refractivity (Wildman–Crippen MR) is 0 cm³/mol. The van der Waals surface area contributed by atoms with Crippen molar-refractivity contribution in [3.8, 4) is 0 Å². The van der Waals surface area contributed by atoms with Crippen LogP contribution < -0.4 is 0 Å². The molecule has 0 spiro atoms. The Balaban J connectivity index is 0. The molecule has 128 heavy (non-hydrogen) atoms. The fourth-order valence-electron chi connectivity index (χ4n) is 0. The average Bonchev–Trinajstić information content (AvgIpc) is 0. The van der Waals surface area contributed by atoms with Crippen LogP contribution >= 0.6 is 0 Å². The molecule has 0 saturated heterocycles. The summed E-state index contributed by atoms with van der Waals surface area (Å²) < 4.78 is 0. The summed E-state index contributed by atoms with van der Waals surface area (Å²) in [5, 5.41) is 0. The van der Waals surface area contributed by atoms with Crippen molar-refractivity contribution in [1.29, 1.82) is 0 Å². The molecule has 0 rings (SSSR count). The average molecular weight is 30500 g/mol. The van der Waals surface area contributed by atoms with E-state index >= 15 is 0 Å². The van der Waals surface area contributed by atoms with E-state index in [9.17, 15) is 0 Å².